The Hall–Kier alpha value is -1.61. The standard InChI is InChI=1S/C15H21NO2/c1-4-14(10-17)16-15(18)8-7-13-6-5-11(2)9-12(13)3/h5-9,14,17H,4,10H2,1-3H3,(H,16,18)/b8-7+. The van der Waals surface area contributed by atoms with E-state index >= 15 is 0 Å². The van der Waals surface area contributed by atoms with Gasteiger partial charge in [0.15, 0.2) is 0 Å². The summed E-state index contributed by atoms with van der Waals surface area (Å²) in [6.07, 6.45) is 4.03. The maximum Gasteiger partial charge on any atom is 0.244 e. The third-order valence-electron chi connectivity index (χ3n) is 2.90. The van der Waals surface area contributed by atoms with Gasteiger partial charge in [-0.2, -0.15) is 0 Å². The Balaban J connectivity index is 2.66. The number of aryl methyl sites for hydroxylation is 2. The molecule has 3 heteroatoms. The predicted octanol–water partition coefficient (Wildman–Crippen LogP) is 2.20. The van der Waals surface area contributed by atoms with E-state index in [1.54, 1.807) is 6.08 Å². The zero-order valence-electron chi connectivity index (χ0n) is 11.2. The quantitative estimate of drug-likeness (QED) is 0.784. The highest BCUT2D eigenvalue weighted by Crippen LogP contribution is 2.11. The molecule has 0 fully saturated rings. The van der Waals surface area contributed by atoms with Gasteiger partial charge < -0.3 is 10.4 Å². The minimum Gasteiger partial charge on any atom is -0.394 e. The van der Waals surface area contributed by atoms with Gasteiger partial charge in [0.2, 0.25) is 5.91 Å². The average Bonchev–Trinajstić information content (AvgIpc) is 2.35. The number of carbonyl (C=O) groups excluding carboxylic acids is 1. The lowest BCUT2D eigenvalue weighted by Crippen LogP contribution is -2.35. The molecule has 3 nitrogen and oxygen atoms in total. The number of hydrogen-bond donors (Lipinski definition) is 2. The fraction of sp³-hybridized carbons (Fsp3) is 0.400. The molecular formula is C15H21NO2. The average molecular weight is 247 g/mol. The van der Waals surface area contributed by atoms with Crippen LogP contribution in [-0.4, -0.2) is 23.7 Å². The smallest absolute Gasteiger partial charge is 0.244 e. The summed E-state index contributed by atoms with van der Waals surface area (Å²) in [7, 11) is 0. The zero-order chi connectivity index (χ0) is 13.5. The van der Waals surface area contributed by atoms with E-state index in [0.29, 0.717) is 0 Å². The van der Waals surface area contributed by atoms with Gasteiger partial charge in [-0.1, -0.05) is 30.7 Å². The molecule has 1 amide bonds. The molecule has 0 aromatic heterocycles. The molecule has 0 bridgehead atoms. The Labute approximate surface area is 109 Å². The molecule has 1 atom stereocenters. The summed E-state index contributed by atoms with van der Waals surface area (Å²) < 4.78 is 0. The number of aliphatic hydroxyl groups excluding tert-OH is 1. The van der Waals surface area contributed by atoms with Crippen LogP contribution in [-0.2, 0) is 4.79 Å². The lowest BCUT2D eigenvalue weighted by molar-refractivity contribution is -0.117. The van der Waals surface area contributed by atoms with E-state index in [-0.39, 0.29) is 18.6 Å². The molecule has 0 saturated heterocycles. The van der Waals surface area contributed by atoms with E-state index in [9.17, 15) is 4.79 Å². The second-order valence-electron chi connectivity index (χ2n) is 4.49. The fourth-order valence-corrected chi connectivity index (χ4v) is 1.70. The Morgan fingerprint density at radius 3 is 2.72 bits per heavy atom. The summed E-state index contributed by atoms with van der Waals surface area (Å²) in [6.45, 7) is 5.96. The van der Waals surface area contributed by atoms with Crippen LogP contribution in [0.4, 0.5) is 0 Å². The van der Waals surface area contributed by atoms with Gasteiger partial charge in [-0.05, 0) is 37.5 Å². The number of nitrogens with one attached hydrogen (secondary N) is 1. The van der Waals surface area contributed by atoms with Crippen molar-refractivity contribution in [1.82, 2.24) is 5.32 Å². The van der Waals surface area contributed by atoms with Crippen LogP contribution >= 0.6 is 0 Å². The molecule has 0 spiro atoms. The van der Waals surface area contributed by atoms with Crippen LogP contribution in [0.25, 0.3) is 6.08 Å². The Morgan fingerprint density at radius 2 is 2.17 bits per heavy atom. The molecule has 18 heavy (non-hydrogen) atoms. The minimum atomic E-state index is -0.170. The SMILES string of the molecule is CCC(CO)NC(=O)/C=C/c1ccc(C)cc1C. The van der Waals surface area contributed by atoms with Crippen molar-refractivity contribution in [3.05, 3.63) is 41.0 Å². The summed E-state index contributed by atoms with van der Waals surface area (Å²) in [5.41, 5.74) is 3.39. The molecule has 0 aliphatic carbocycles. The normalized spacial score (nSPS) is 12.7. The topological polar surface area (TPSA) is 49.3 Å². The number of rotatable bonds is 5. The van der Waals surface area contributed by atoms with Gasteiger partial charge in [-0.3, -0.25) is 4.79 Å². The number of aliphatic hydroxyl groups is 1. The summed E-state index contributed by atoms with van der Waals surface area (Å²) >= 11 is 0. The third-order valence-corrected chi connectivity index (χ3v) is 2.90. The Kier molecular flexibility index (Phi) is 5.59. The van der Waals surface area contributed by atoms with Gasteiger partial charge >= 0.3 is 0 Å². The van der Waals surface area contributed by atoms with E-state index < -0.39 is 0 Å². The molecule has 0 saturated carbocycles. The molecular weight excluding hydrogens is 226 g/mol. The van der Waals surface area contributed by atoms with Gasteiger partial charge in [0.25, 0.3) is 0 Å². The van der Waals surface area contributed by atoms with Crippen LogP contribution in [0.1, 0.15) is 30.0 Å². The molecule has 0 heterocycles. The van der Waals surface area contributed by atoms with Gasteiger partial charge in [0.1, 0.15) is 0 Å². The van der Waals surface area contributed by atoms with Crippen molar-refractivity contribution in [1.29, 1.82) is 0 Å². The Morgan fingerprint density at radius 1 is 1.44 bits per heavy atom. The van der Waals surface area contributed by atoms with E-state index in [2.05, 4.69) is 11.4 Å². The summed E-state index contributed by atoms with van der Waals surface area (Å²) in [5, 5.41) is 11.7. The molecule has 0 radical (unpaired) electrons. The van der Waals surface area contributed by atoms with Crippen molar-refractivity contribution in [2.45, 2.75) is 33.2 Å². The second-order valence-corrected chi connectivity index (χ2v) is 4.49. The van der Waals surface area contributed by atoms with Crippen molar-refractivity contribution in [3.8, 4) is 0 Å². The van der Waals surface area contributed by atoms with Crippen molar-refractivity contribution >= 4 is 12.0 Å². The van der Waals surface area contributed by atoms with Crippen LogP contribution in [0.5, 0.6) is 0 Å². The number of benzene rings is 1. The highest BCUT2D eigenvalue weighted by molar-refractivity contribution is 5.92. The maximum absolute atomic E-state index is 11.6. The van der Waals surface area contributed by atoms with Gasteiger partial charge in [0.05, 0.1) is 12.6 Å². The van der Waals surface area contributed by atoms with Crippen LogP contribution in [0.2, 0.25) is 0 Å². The van der Waals surface area contributed by atoms with Gasteiger partial charge in [0, 0.05) is 6.08 Å². The number of carbonyl (C=O) groups is 1. The van der Waals surface area contributed by atoms with Crippen LogP contribution in [0.15, 0.2) is 24.3 Å². The summed E-state index contributed by atoms with van der Waals surface area (Å²) in [5.74, 6) is -0.170. The minimum absolute atomic E-state index is 0.0281. The zero-order valence-corrected chi connectivity index (χ0v) is 11.2. The highest BCUT2D eigenvalue weighted by atomic mass is 16.3. The molecule has 1 aromatic rings. The lowest BCUT2D eigenvalue weighted by Gasteiger charge is -2.11. The largest absolute Gasteiger partial charge is 0.394 e. The lowest BCUT2D eigenvalue weighted by atomic mass is 10.1. The van der Waals surface area contributed by atoms with E-state index in [1.807, 2.05) is 32.9 Å². The second kappa shape index (κ2) is 6.97. The molecule has 0 aliphatic heterocycles. The van der Waals surface area contributed by atoms with Crippen molar-refractivity contribution in [3.63, 3.8) is 0 Å². The van der Waals surface area contributed by atoms with Gasteiger partial charge in [-0.15, -0.1) is 0 Å². The van der Waals surface area contributed by atoms with Crippen molar-refractivity contribution in [2.75, 3.05) is 6.61 Å². The first-order valence-electron chi connectivity index (χ1n) is 6.23. The van der Waals surface area contributed by atoms with E-state index in [1.165, 1.54) is 11.6 Å². The van der Waals surface area contributed by atoms with Crippen LogP contribution in [0, 0.1) is 13.8 Å². The predicted molar refractivity (Wildman–Crippen MR) is 74.3 cm³/mol. The summed E-state index contributed by atoms with van der Waals surface area (Å²) in [6, 6.07) is 5.94. The van der Waals surface area contributed by atoms with Crippen LogP contribution in [0.3, 0.4) is 0 Å². The first kappa shape index (κ1) is 14.5. The maximum atomic E-state index is 11.6. The molecule has 2 N–H and O–H groups in total. The fourth-order valence-electron chi connectivity index (χ4n) is 1.70. The first-order chi connectivity index (χ1) is 8.56. The summed E-state index contributed by atoms with van der Waals surface area (Å²) in [4.78, 5) is 11.6. The molecule has 0 aliphatic rings. The molecule has 1 rings (SSSR count). The van der Waals surface area contributed by atoms with Crippen LogP contribution < -0.4 is 5.32 Å². The Bertz CT molecular complexity index is 434. The number of amides is 1. The van der Waals surface area contributed by atoms with Crippen molar-refractivity contribution in [2.24, 2.45) is 0 Å². The first-order valence-corrected chi connectivity index (χ1v) is 6.23. The third kappa shape index (κ3) is 4.34. The molecule has 98 valence electrons. The molecule has 1 aromatic carbocycles. The van der Waals surface area contributed by atoms with Crippen molar-refractivity contribution < 1.29 is 9.90 Å². The van der Waals surface area contributed by atoms with E-state index in [0.717, 1.165) is 17.5 Å². The molecule has 1 unspecified atom stereocenters. The number of hydrogen-bond acceptors (Lipinski definition) is 2. The monoisotopic (exact) mass is 247 g/mol. The highest BCUT2D eigenvalue weighted by Gasteiger charge is 2.06. The van der Waals surface area contributed by atoms with Gasteiger partial charge in [-0.25, -0.2) is 0 Å². The van der Waals surface area contributed by atoms with E-state index in [4.69, 9.17) is 5.11 Å².